The van der Waals surface area contributed by atoms with Crippen LogP contribution in [0.5, 0.6) is 0 Å². The molecule has 0 saturated carbocycles. The van der Waals surface area contributed by atoms with Crippen molar-refractivity contribution in [2.45, 2.75) is 25.2 Å². The molecule has 3 heterocycles. The Morgan fingerprint density at radius 3 is 2.97 bits per heavy atom. The number of nitrogens with one attached hydrogen (secondary N) is 2. The van der Waals surface area contributed by atoms with Gasteiger partial charge < -0.3 is 15.6 Å². The number of nitrogens with zero attached hydrogens (tertiary/aromatic N) is 6. The highest BCUT2D eigenvalue weighted by Crippen LogP contribution is 2.31. The van der Waals surface area contributed by atoms with Crippen LogP contribution in [-0.2, 0) is 6.54 Å². The number of amides is 2. The van der Waals surface area contributed by atoms with E-state index < -0.39 is 6.17 Å². The van der Waals surface area contributed by atoms with Crippen LogP contribution in [-0.4, -0.2) is 69.0 Å². The molecule has 2 aliphatic heterocycles. The molecule has 0 spiro atoms. The summed E-state index contributed by atoms with van der Waals surface area (Å²) in [5.74, 6) is 0. The molecule has 2 atom stereocenters. The minimum Gasteiger partial charge on any atom is -0.331 e. The molecule has 1 fully saturated rings. The van der Waals surface area contributed by atoms with Crippen molar-refractivity contribution in [3.63, 3.8) is 0 Å². The monoisotopic (exact) mass is 434 g/mol. The second-order valence-corrected chi connectivity index (χ2v) is 7.83. The van der Waals surface area contributed by atoms with Gasteiger partial charge in [0.05, 0.1) is 31.0 Å². The Hall–Kier alpha value is -3.91. The van der Waals surface area contributed by atoms with Crippen molar-refractivity contribution in [1.82, 2.24) is 35.5 Å². The molecule has 1 aromatic rings. The smallest absolute Gasteiger partial charge is 0.322 e. The first-order chi connectivity index (χ1) is 15.7. The molecular formula is C22H23FN8O. The summed E-state index contributed by atoms with van der Waals surface area (Å²) >= 11 is 0. The lowest BCUT2D eigenvalue weighted by atomic mass is 9.93. The van der Waals surface area contributed by atoms with Gasteiger partial charge in [-0.2, -0.15) is 5.10 Å². The van der Waals surface area contributed by atoms with Gasteiger partial charge in [-0.3, -0.25) is 9.58 Å². The van der Waals surface area contributed by atoms with Gasteiger partial charge in [0.1, 0.15) is 12.5 Å². The third-order valence-electron chi connectivity index (χ3n) is 5.69. The number of alkyl halides is 1. The van der Waals surface area contributed by atoms with E-state index in [0.717, 1.165) is 24.4 Å². The van der Waals surface area contributed by atoms with E-state index in [-0.39, 0.29) is 18.5 Å². The average Bonchev–Trinajstić information content (AvgIpc) is 3.37. The maximum atomic E-state index is 15.2. The van der Waals surface area contributed by atoms with E-state index in [1.807, 2.05) is 29.2 Å². The van der Waals surface area contributed by atoms with Gasteiger partial charge in [-0.15, -0.1) is 5.10 Å². The maximum absolute atomic E-state index is 15.2. The molecule has 2 N–H and O–H groups in total. The topological polar surface area (TPSA) is 90.7 Å². The third kappa shape index (κ3) is 4.13. The van der Waals surface area contributed by atoms with Crippen molar-refractivity contribution in [3.8, 4) is 0 Å². The van der Waals surface area contributed by atoms with Crippen LogP contribution < -0.4 is 10.7 Å². The van der Waals surface area contributed by atoms with Crippen LogP contribution in [0.4, 0.5) is 9.18 Å². The third-order valence-corrected chi connectivity index (χ3v) is 5.69. The number of carbonyl (C=O) groups is 1. The van der Waals surface area contributed by atoms with Crippen molar-refractivity contribution in [2.75, 3.05) is 19.6 Å². The summed E-state index contributed by atoms with van der Waals surface area (Å²) in [7, 11) is 0. The van der Waals surface area contributed by atoms with Crippen LogP contribution in [0.1, 0.15) is 6.42 Å². The number of hydrogen-bond acceptors (Lipinski definition) is 6. The fraction of sp³-hybridized carbons (Fsp3) is 0.318. The molecule has 2 aliphatic carbocycles. The van der Waals surface area contributed by atoms with E-state index in [9.17, 15) is 4.79 Å². The lowest BCUT2D eigenvalue weighted by Crippen LogP contribution is -2.33. The average molecular weight is 434 g/mol. The summed E-state index contributed by atoms with van der Waals surface area (Å²) in [6.45, 7) is 2.53. The summed E-state index contributed by atoms with van der Waals surface area (Å²) in [5, 5.41) is 14.7. The second kappa shape index (κ2) is 8.68. The van der Waals surface area contributed by atoms with Crippen LogP contribution in [0, 0.1) is 0 Å². The molecule has 2 unspecified atom stereocenters. The van der Waals surface area contributed by atoms with E-state index in [0.29, 0.717) is 24.4 Å². The van der Waals surface area contributed by atoms with Gasteiger partial charge in [-0.1, -0.05) is 23.1 Å². The zero-order chi connectivity index (χ0) is 21.9. The Kier molecular flexibility index (Phi) is 5.43. The minimum atomic E-state index is -1.20. The molecule has 1 aromatic heterocycles. The number of halogens is 1. The van der Waals surface area contributed by atoms with Gasteiger partial charge in [0.25, 0.3) is 0 Å². The van der Waals surface area contributed by atoms with E-state index in [2.05, 4.69) is 31.9 Å². The van der Waals surface area contributed by atoms with E-state index in [1.54, 1.807) is 40.5 Å². The van der Waals surface area contributed by atoms with Crippen LogP contribution in [0.15, 0.2) is 82.2 Å². The molecule has 164 valence electrons. The highest BCUT2D eigenvalue weighted by atomic mass is 19.1. The standard InChI is InChI=1S/C22H23FN8O/c23-21-12-19(31-14-17(27-22(31)32)13-30-11-9-25-28-30)6-7-20(21)16-2-1-3-18(5-4-16)29-10-8-24-26-15-29/h1-2,4-7,9,11,15,17,21,24H,8,10,12-14H2,(H,27,32). The number of allylic oxidation sites excluding steroid dienone is 8. The van der Waals surface area contributed by atoms with E-state index in [1.165, 1.54) is 0 Å². The fourth-order valence-corrected chi connectivity index (χ4v) is 4.08. The highest BCUT2D eigenvalue weighted by molar-refractivity contribution is 5.79. The number of hydrazone groups is 1. The van der Waals surface area contributed by atoms with Gasteiger partial charge in [-0.25, -0.2) is 9.18 Å². The van der Waals surface area contributed by atoms with Crippen molar-refractivity contribution in [2.24, 2.45) is 5.10 Å². The normalized spacial score (nSPS) is 25.0. The minimum absolute atomic E-state index is 0.107. The summed E-state index contributed by atoms with van der Waals surface area (Å²) in [4.78, 5) is 16.1. The molecule has 2 amide bonds. The van der Waals surface area contributed by atoms with Gasteiger partial charge in [0.15, 0.2) is 0 Å². The Balaban J connectivity index is 1.28. The van der Waals surface area contributed by atoms with Crippen LogP contribution in [0.3, 0.4) is 0 Å². The largest absolute Gasteiger partial charge is 0.331 e. The molecule has 0 aromatic carbocycles. The van der Waals surface area contributed by atoms with Gasteiger partial charge in [0, 0.05) is 31.4 Å². The Bertz CT molecular complexity index is 1110. The molecule has 32 heavy (non-hydrogen) atoms. The molecule has 4 aliphatic rings. The second-order valence-electron chi connectivity index (χ2n) is 7.83. The Morgan fingerprint density at radius 1 is 1.25 bits per heavy atom. The van der Waals surface area contributed by atoms with Crippen molar-refractivity contribution in [1.29, 1.82) is 0 Å². The van der Waals surface area contributed by atoms with E-state index in [4.69, 9.17) is 0 Å². The summed E-state index contributed by atoms with van der Waals surface area (Å²) < 4.78 is 16.9. The predicted octanol–water partition coefficient (Wildman–Crippen LogP) is 1.61. The lowest BCUT2D eigenvalue weighted by molar-refractivity contribution is 0.223. The first-order valence-electron chi connectivity index (χ1n) is 10.5. The first-order valence-corrected chi connectivity index (χ1v) is 10.5. The van der Waals surface area contributed by atoms with Crippen molar-refractivity contribution >= 4 is 12.4 Å². The number of hydrogen-bond donors (Lipinski definition) is 2. The number of urea groups is 1. The number of rotatable bonds is 5. The Morgan fingerprint density at radius 2 is 2.19 bits per heavy atom. The van der Waals surface area contributed by atoms with Gasteiger partial charge in [-0.05, 0) is 35.5 Å². The molecule has 5 rings (SSSR count). The molecule has 9 nitrogen and oxygen atoms in total. The molecule has 1 saturated heterocycles. The maximum Gasteiger partial charge on any atom is 0.322 e. The van der Waals surface area contributed by atoms with Crippen LogP contribution in [0.25, 0.3) is 0 Å². The highest BCUT2D eigenvalue weighted by Gasteiger charge is 2.34. The number of carbonyl (C=O) groups excluding carboxylic acids is 1. The lowest BCUT2D eigenvalue weighted by Gasteiger charge is -2.25. The fourth-order valence-electron chi connectivity index (χ4n) is 4.08. The van der Waals surface area contributed by atoms with Gasteiger partial charge in [0.2, 0.25) is 0 Å². The zero-order valence-corrected chi connectivity index (χ0v) is 17.4. The number of aromatic nitrogens is 3. The van der Waals surface area contributed by atoms with Crippen molar-refractivity contribution in [3.05, 3.63) is 77.1 Å². The SMILES string of the molecule is O=C1NC(Cn2ccnn2)CN1C1=CC=C(C2=CC=C=C(N3C=NNCC3)C=C2)C(F)C1. The first kappa shape index (κ1) is 20.0. The van der Waals surface area contributed by atoms with E-state index >= 15 is 4.39 Å². The van der Waals surface area contributed by atoms with Crippen LogP contribution >= 0.6 is 0 Å². The predicted molar refractivity (Wildman–Crippen MR) is 117 cm³/mol. The molecule has 0 radical (unpaired) electrons. The quantitative estimate of drug-likeness (QED) is 0.688. The summed E-state index contributed by atoms with van der Waals surface area (Å²) in [6.07, 6.45) is 15.1. The Labute approximate surface area is 184 Å². The zero-order valence-electron chi connectivity index (χ0n) is 17.4. The summed E-state index contributed by atoms with van der Waals surface area (Å²) in [6, 6.07) is -0.322. The summed E-state index contributed by atoms with van der Waals surface area (Å²) in [5.41, 5.74) is 9.06. The molecule has 0 bridgehead atoms. The van der Waals surface area contributed by atoms with Crippen molar-refractivity contribution < 1.29 is 9.18 Å². The van der Waals surface area contributed by atoms with Gasteiger partial charge >= 0.3 is 6.03 Å². The molecule has 10 heteroatoms. The van der Waals surface area contributed by atoms with Crippen LogP contribution in [0.2, 0.25) is 0 Å². The molecular weight excluding hydrogens is 411 g/mol.